The number of para-hydroxylation sites is 2. The van der Waals surface area contributed by atoms with E-state index in [-0.39, 0.29) is 0 Å². The minimum atomic E-state index is 0.415. The third-order valence-corrected chi connectivity index (χ3v) is 6.90. The Kier molecular flexibility index (Phi) is 5.49. The normalized spacial score (nSPS) is 11.3. The highest BCUT2D eigenvalue weighted by Crippen LogP contribution is 2.41. The minimum absolute atomic E-state index is 0.415. The molecule has 8 rings (SSSR count). The molecule has 5 heterocycles. The standard InChI is InChI=1S/C31H17N11/c1-2-9-20-18(7-1)27(30(41-39-20)24-13-6-15-33-38-24)19-8-5-12-23-28(19)29(25-14-16-34-42-40-25)37-31(36-23)26-17-32-21-10-3-4-11-22(21)35-26/h1-17H. The lowest BCUT2D eigenvalue weighted by molar-refractivity contribution is 0.868. The molecule has 0 aliphatic heterocycles. The molecule has 0 radical (unpaired) electrons. The number of fused-ring (bicyclic) bond motifs is 3. The second-order valence-electron chi connectivity index (χ2n) is 9.40. The molecule has 0 saturated heterocycles. The fraction of sp³-hybridized carbons (Fsp3) is 0. The van der Waals surface area contributed by atoms with Crippen LogP contribution in [0.5, 0.6) is 0 Å². The van der Waals surface area contributed by atoms with E-state index in [0.717, 1.165) is 38.4 Å². The van der Waals surface area contributed by atoms with Crippen molar-refractivity contribution in [2.75, 3.05) is 0 Å². The molecule has 0 aliphatic carbocycles. The topological polar surface area (TPSA) is 142 Å². The van der Waals surface area contributed by atoms with Crippen LogP contribution in [0.15, 0.2) is 104 Å². The minimum Gasteiger partial charge on any atom is -0.252 e. The molecule has 0 amide bonds. The van der Waals surface area contributed by atoms with Crippen LogP contribution >= 0.6 is 0 Å². The van der Waals surface area contributed by atoms with Gasteiger partial charge in [0.2, 0.25) is 0 Å². The smallest absolute Gasteiger partial charge is 0.181 e. The van der Waals surface area contributed by atoms with Crippen molar-refractivity contribution >= 4 is 32.8 Å². The SMILES string of the molecule is c1cnnc(-c2nnc3ccccc3c2-c2cccc3nc(-c4cnc5ccccc5n4)nc(-c4ccnnn4)c23)c1. The molecule has 5 aromatic heterocycles. The Bertz CT molecular complexity index is 2260. The van der Waals surface area contributed by atoms with Gasteiger partial charge < -0.3 is 0 Å². The fourth-order valence-electron chi connectivity index (χ4n) is 5.06. The van der Waals surface area contributed by atoms with Crippen molar-refractivity contribution in [3.05, 3.63) is 104 Å². The molecule has 0 spiro atoms. The van der Waals surface area contributed by atoms with E-state index in [1.54, 1.807) is 24.7 Å². The van der Waals surface area contributed by atoms with Crippen molar-refractivity contribution in [2.45, 2.75) is 0 Å². The first-order chi connectivity index (χ1) is 20.8. The van der Waals surface area contributed by atoms with Crippen LogP contribution in [0.2, 0.25) is 0 Å². The van der Waals surface area contributed by atoms with Crippen molar-refractivity contribution in [3.8, 4) is 45.4 Å². The average Bonchev–Trinajstić information content (AvgIpc) is 3.07. The Morgan fingerprint density at radius 3 is 2.17 bits per heavy atom. The Morgan fingerprint density at radius 1 is 0.476 bits per heavy atom. The molecule has 0 saturated carbocycles. The highest BCUT2D eigenvalue weighted by atomic mass is 15.3. The highest BCUT2D eigenvalue weighted by Gasteiger charge is 2.22. The van der Waals surface area contributed by atoms with Gasteiger partial charge in [0.05, 0.1) is 34.5 Å². The van der Waals surface area contributed by atoms with E-state index in [2.05, 4.69) is 40.8 Å². The van der Waals surface area contributed by atoms with E-state index in [1.165, 1.54) is 0 Å². The molecule has 0 bridgehead atoms. The maximum atomic E-state index is 5.01. The predicted molar refractivity (Wildman–Crippen MR) is 156 cm³/mol. The molecular weight excluding hydrogens is 526 g/mol. The van der Waals surface area contributed by atoms with Crippen LogP contribution in [0.25, 0.3) is 78.3 Å². The van der Waals surface area contributed by atoms with E-state index in [1.807, 2.05) is 78.9 Å². The van der Waals surface area contributed by atoms with Crippen molar-refractivity contribution in [1.82, 2.24) is 55.7 Å². The van der Waals surface area contributed by atoms with Crippen LogP contribution in [0.4, 0.5) is 0 Å². The molecular formula is C31H17N11. The monoisotopic (exact) mass is 543 g/mol. The van der Waals surface area contributed by atoms with Gasteiger partial charge >= 0.3 is 0 Å². The lowest BCUT2D eigenvalue weighted by atomic mass is 9.93. The number of aromatic nitrogens is 11. The van der Waals surface area contributed by atoms with E-state index < -0.39 is 0 Å². The van der Waals surface area contributed by atoms with Crippen LogP contribution in [0, 0.1) is 0 Å². The van der Waals surface area contributed by atoms with Gasteiger partial charge in [0, 0.05) is 22.5 Å². The van der Waals surface area contributed by atoms with E-state index in [0.29, 0.717) is 39.8 Å². The lowest BCUT2D eigenvalue weighted by Crippen LogP contribution is -2.02. The number of rotatable bonds is 4. The van der Waals surface area contributed by atoms with Crippen LogP contribution in [-0.4, -0.2) is 55.7 Å². The molecule has 11 nitrogen and oxygen atoms in total. The quantitative estimate of drug-likeness (QED) is 0.290. The van der Waals surface area contributed by atoms with E-state index in [9.17, 15) is 0 Å². The van der Waals surface area contributed by atoms with Crippen LogP contribution < -0.4 is 0 Å². The second kappa shape index (κ2) is 9.75. The number of benzene rings is 3. The molecule has 0 atom stereocenters. The fourth-order valence-corrected chi connectivity index (χ4v) is 5.06. The maximum absolute atomic E-state index is 5.01. The summed E-state index contributed by atoms with van der Waals surface area (Å²) in [5.74, 6) is 0.415. The van der Waals surface area contributed by atoms with Gasteiger partial charge in [0.1, 0.15) is 28.5 Å². The molecule has 3 aromatic carbocycles. The lowest BCUT2D eigenvalue weighted by Gasteiger charge is -2.15. The van der Waals surface area contributed by atoms with Crippen LogP contribution in [0.1, 0.15) is 0 Å². The zero-order chi connectivity index (χ0) is 27.9. The maximum Gasteiger partial charge on any atom is 0.181 e. The Labute approximate surface area is 237 Å². The van der Waals surface area contributed by atoms with E-state index in [4.69, 9.17) is 15.0 Å². The largest absolute Gasteiger partial charge is 0.252 e. The summed E-state index contributed by atoms with van der Waals surface area (Å²) in [5, 5.41) is 31.3. The third-order valence-electron chi connectivity index (χ3n) is 6.90. The molecule has 0 fully saturated rings. The third kappa shape index (κ3) is 3.95. The Morgan fingerprint density at radius 2 is 1.31 bits per heavy atom. The predicted octanol–water partition coefficient (Wildman–Crippen LogP) is 5.16. The van der Waals surface area contributed by atoms with Crippen molar-refractivity contribution in [2.24, 2.45) is 0 Å². The summed E-state index contributed by atoms with van der Waals surface area (Å²) in [6.07, 6.45) is 4.89. The van der Waals surface area contributed by atoms with Gasteiger partial charge in [-0.1, -0.05) is 42.5 Å². The molecule has 42 heavy (non-hydrogen) atoms. The highest BCUT2D eigenvalue weighted by molar-refractivity contribution is 6.11. The Balaban J connectivity index is 1.47. The second-order valence-corrected chi connectivity index (χ2v) is 9.40. The average molecular weight is 544 g/mol. The van der Waals surface area contributed by atoms with Gasteiger partial charge in [-0.05, 0) is 53.2 Å². The molecule has 196 valence electrons. The molecule has 0 N–H and O–H groups in total. The number of hydrogen-bond donors (Lipinski definition) is 0. The summed E-state index contributed by atoms with van der Waals surface area (Å²) in [5.41, 5.74) is 7.47. The first kappa shape index (κ1) is 23.6. The van der Waals surface area contributed by atoms with Crippen LogP contribution in [-0.2, 0) is 0 Å². The van der Waals surface area contributed by atoms with Crippen molar-refractivity contribution in [1.29, 1.82) is 0 Å². The van der Waals surface area contributed by atoms with E-state index >= 15 is 0 Å². The summed E-state index contributed by atoms with van der Waals surface area (Å²) in [6.45, 7) is 0. The van der Waals surface area contributed by atoms with Crippen molar-refractivity contribution < 1.29 is 0 Å². The molecule has 8 aromatic rings. The Hall–Kier alpha value is -6.23. The first-order valence-electron chi connectivity index (χ1n) is 13.0. The van der Waals surface area contributed by atoms with Crippen LogP contribution in [0.3, 0.4) is 0 Å². The summed E-state index contributed by atoms with van der Waals surface area (Å²) in [7, 11) is 0. The number of hydrogen-bond acceptors (Lipinski definition) is 11. The molecule has 0 unspecified atom stereocenters. The van der Waals surface area contributed by atoms with Crippen molar-refractivity contribution in [3.63, 3.8) is 0 Å². The summed E-state index contributed by atoms with van der Waals surface area (Å²) < 4.78 is 0. The van der Waals surface area contributed by atoms with Gasteiger partial charge in [0.15, 0.2) is 5.82 Å². The zero-order valence-corrected chi connectivity index (χ0v) is 21.7. The summed E-state index contributed by atoms with van der Waals surface area (Å²) in [4.78, 5) is 19.3. The number of nitrogens with zero attached hydrogens (tertiary/aromatic N) is 11. The summed E-state index contributed by atoms with van der Waals surface area (Å²) in [6, 6.07) is 26.9. The zero-order valence-electron chi connectivity index (χ0n) is 21.7. The molecule has 11 heteroatoms. The van der Waals surface area contributed by atoms with Gasteiger partial charge in [-0.15, -0.1) is 25.5 Å². The van der Waals surface area contributed by atoms with Gasteiger partial charge in [-0.2, -0.15) is 5.10 Å². The van der Waals surface area contributed by atoms with Gasteiger partial charge in [-0.25, -0.2) is 15.0 Å². The first-order valence-corrected chi connectivity index (χ1v) is 13.0. The van der Waals surface area contributed by atoms with Gasteiger partial charge in [-0.3, -0.25) is 4.98 Å². The molecule has 0 aliphatic rings. The van der Waals surface area contributed by atoms with Gasteiger partial charge in [0.25, 0.3) is 0 Å². The summed E-state index contributed by atoms with van der Waals surface area (Å²) >= 11 is 0.